The highest BCUT2D eigenvalue weighted by Crippen LogP contribution is 2.36. The molecule has 7 heteroatoms. The maximum absolute atomic E-state index is 13.2. The molecular weight excluding hydrogens is 318 g/mol. The SMILES string of the molecule is COc1ccc(S(=O)(=O)N2CCO[C@H]3CCCC[C@H]32)c(OC)c1. The number of benzene rings is 1. The van der Waals surface area contributed by atoms with Gasteiger partial charge in [0.15, 0.2) is 0 Å². The monoisotopic (exact) mass is 341 g/mol. The van der Waals surface area contributed by atoms with E-state index in [9.17, 15) is 8.42 Å². The zero-order valence-corrected chi connectivity index (χ0v) is 14.3. The molecule has 128 valence electrons. The van der Waals surface area contributed by atoms with E-state index in [1.165, 1.54) is 14.2 Å². The van der Waals surface area contributed by atoms with E-state index in [1.807, 2.05) is 0 Å². The van der Waals surface area contributed by atoms with E-state index < -0.39 is 10.0 Å². The Bertz CT molecular complexity index is 658. The van der Waals surface area contributed by atoms with Crippen LogP contribution in [0.5, 0.6) is 11.5 Å². The molecule has 0 radical (unpaired) electrons. The van der Waals surface area contributed by atoms with Crippen LogP contribution in [0.15, 0.2) is 23.1 Å². The minimum Gasteiger partial charge on any atom is -0.497 e. The van der Waals surface area contributed by atoms with Crippen molar-refractivity contribution < 1.29 is 22.6 Å². The van der Waals surface area contributed by atoms with Gasteiger partial charge in [-0.15, -0.1) is 0 Å². The molecule has 2 atom stereocenters. The van der Waals surface area contributed by atoms with Crippen LogP contribution in [0.3, 0.4) is 0 Å². The Balaban J connectivity index is 1.97. The minimum atomic E-state index is -3.63. The first-order chi connectivity index (χ1) is 11.1. The van der Waals surface area contributed by atoms with Gasteiger partial charge in [-0.1, -0.05) is 12.8 Å². The van der Waals surface area contributed by atoms with Crippen LogP contribution in [-0.4, -0.2) is 52.2 Å². The van der Waals surface area contributed by atoms with E-state index in [0.29, 0.717) is 24.7 Å². The topological polar surface area (TPSA) is 65.1 Å². The van der Waals surface area contributed by atoms with Crippen LogP contribution >= 0.6 is 0 Å². The predicted molar refractivity (Wildman–Crippen MR) is 85.4 cm³/mol. The molecular formula is C16H23NO5S. The number of hydrogen-bond donors (Lipinski definition) is 0. The summed E-state index contributed by atoms with van der Waals surface area (Å²) < 4.78 is 44.2. The molecule has 1 aliphatic heterocycles. The highest BCUT2D eigenvalue weighted by Gasteiger charge is 2.41. The van der Waals surface area contributed by atoms with Gasteiger partial charge in [0, 0.05) is 12.6 Å². The average molecular weight is 341 g/mol. The third-order valence-corrected chi connectivity index (χ3v) is 6.60. The van der Waals surface area contributed by atoms with Crippen molar-refractivity contribution in [3.05, 3.63) is 18.2 Å². The van der Waals surface area contributed by atoms with Crippen molar-refractivity contribution in [2.75, 3.05) is 27.4 Å². The average Bonchev–Trinajstić information content (AvgIpc) is 2.60. The van der Waals surface area contributed by atoms with E-state index in [-0.39, 0.29) is 17.0 Å². The summed E-state index contributed by atoms with van der Waals surface area (Å²) in [6.45, 7) is 0.831. The van der Waals surface area contributed by atoms with Gasteiger partial charge in [-0.25, -0.2) is 8.42 Å². The number of morpholine rings is 1. The lowest BCUT2D eigenvalue weighted by Crippen LogP contribution is -2.54. The molecule has 1 aromatic rings. The van der Waals surface area contributed by atoms with Crippen LogP contribution < -0.4 is 9.47 Å². The van der Waals surface area contributed by atoms with Crippen LogP contribution in [0, 0.1) is 0 Å². The number of rotatable bonds is 4. The molecule has 23 heavy (non-hydrogen) atoms. The summed E-state index contributed by atoms with van der Waals surface area (Å²) in [6.07, 6.45) is 3.92. The number of sulfonamides is 1. The Morgan fingerprint density at radius 1 is 1.17 bits per heavy atom. The third kappa shape index (κ3) is 3.05. The number of fused-ring (bicyclic) bond motifs is 1. The van der Waals surface area contributed by atoms with Crippen molar-refractivity contribution in [2.45, 2.75) is 42.7 Å². The molecule has 1 saturated heterocycles. The number of nitrogens with zero attached hydrogens (tertiary/aromatic N) is 1. The first-order valence-electron chi connectivity index (χ1n) is 7.93. The van der Waals surface area contributed by atoms with Gasteiger partial charge in [0.05, 0.1) is 33.0 Å². The Kier molecular flexibility index (Phi) is 4.79. The zero-order chi connectivity index (χ0) is 16.4. The normalized spacial score (nSPS) is 25.7. The van der Waals surface area contributed by atoms with Gasteiger partial charge in [-0.2, -0.15) is 4.31 Å². The third-order valence-electron chi connectivity index (χ3n) is 4.64. The summed E-state index contributed by atoms with van der Waals surface area (Å²) in [6, 6.07) is 4.73. The lowest BCUT2D eigenvalue weighted by molar-refractivity contribution is -0.0586. The molecule has 1 heterocycles. The lowest BCUT2D eigenvalue weighted by atomic mass is 9.91. The second-order valence-electron chi connectivity index (χ2n) is 5.89. The van der Waals surface area contributed by atoms with Gasteiger partial charge in [-0.05, 0) is 25.0 Å². The second-order valence-corrected chi connectivity index (χ2v) is 7.75. The molecule has 0 amide bonds. The molecule has 0 bridgehead atoms. The van der Waals surface area contributed by atoms with Crippen LogP contribution in [0.1, 0.15) is 25.7 Å². The molecule has 2 aliphatic rings. The molecule has 1 saturated carbocycles. The van der Waals surface area contributed by atoms with Gasteiger partial charge in [0.1, 0.15) is 16.4 Å². The van der Waals surface area contributed by atoms with Crippen LogP contribution in [0.2, 0.25) is 0 Å². The van der Waals surface area contributed by atoms with Gasteiger partial charge in [0.25, 0.3) is 0 Å². The summed E-state index contributed by atoms with van der Waals surface area (Å²) in [5.41, 5.74) is 0. The van der Waals surface area contributed by atoms with Gasteiger partial charge in [0.2, 0.25) is 10.0 Å². The molecule has 1 aromatic carbocycles. The molecule has 0 N–H and O–H groups in total. The van der Waals surface area contributed by atoms with E-state index in [0.717, 1.165) is 25.7 Å². The summed E-state index contributed by atoms with van der Waals surface area (Å²) in [7, 11) is -0.619. The molecule has 2 fully saturated rings. The standard InChI is InChI=1S/C16H23NO5S/c1-20-12-7-8-16(15(11-12)21-2)23(18,19)17-9-10-22-14-6-4-3-5-13(14)17/h7-8,11,13-14H,3-6,9-10H2,1-2H3/t13-,14+/m1/s1. The van der Waals surface area contributed by atoms with Crippen LogP contribution in [0.4, 0.5) is 0 Å². The van der Waals surface area contributed by atoms with E-state index in [4.69, 9.17) is 14.2 Å². The Hall–Kier alpha value is -1.31. The Labute approximate surface area is 137 Å². The Morgan fingerprint density at radius 2 is 1.96 bits per heavy atom. The smallest absolute Gasteiger partial charge is 0.247 e. The van der Waals surface area contributed by atoms with Crippen molar-refractivity contribution >= 4 is 10.0 Å². The van der Waals surface area contributed by atoms with Crippen molar-refractivity contribution in [1.82, 2.24) is 4.31 Å². The fraction of sp³-hybridized carbons (Fsp3) is 0.625. The first kappa shape index (κ1) is 16.5. The number of ether oxygens (including phenoxy) is 3. The summed E-state index contributed by atoms with van der Waals surface area (Å²) in [5, 5.41) is 0. The molecule has 0 spiro atoms. The van der Waals surface area contributed by atoms with Crippen molar-refractivity contribution in [1.29, 1.82) is 0 Å². The van der Waals surface area contributed by atoms with Crippen molar-refractivity contribution in [3.63, 3.8) is 0 Å². The van der Waals surface area contributed by atoms with Crippen LogP contribution in [0.25, 0.3) is 0 Å². The van der Waals surface area contributed by atoms with Gasteiger partial charge >= 0.3 is 0 Å². The zero-order valence-electron chi connectivity index (χ0n) is 13.5. The predicted octanol–water partition coefficient (Wildman–Crippen LogP) is 2.04. The second kappa shape index (κ2) is 6.67. The number of methoxy groups -OCH3 is 2. The Morgan fingerprint density at radius 3 is 2.70 bits per heavy atom. The summed E-state index contributed by atoms with van der Waals surface area (Å²) >= 11 is 0. The maximum atomic E-state index is 13.2. The van der Waals surface area contributed by atoms with Gasteiger partial charge in [-0.3, -0.25) is 0 Å². The fourth-order valence-electron chi connectivity index (χ4n) is 3.47. The van der Waals surface area contributed by atoms with E-state index >= 15 is 0 Å². The van der Waals surface area contributed by atoms with Crippen molar-refractivity contribution in [2.24, 2.45) is 0 Å². The molecule has 1 aliphatic carbocycles. The maximum Gasteiger partial charge on any atom is 0.247 e. The molecule has 0 aromatic heterocycles. The quantitative estimate of drug-likeness (QED) is 0.838. The van der Waals surface area contributed by atoms with Crippen LogP contribution in [-0.2, 0) is 14.8 Å². The largest absolute Gasteiger partial charge is 0.497 e. The fourth-order valence-corrected chi connectivity index (χ4v) is 5.28. The van der Waals surface area contributed by atoms with E-state index in [1.54, 1.807) is 22.5 Å². The highest BCUT2D eigenvalue weighted by molar-refractivity contribution is 7.89. The minimum absolute atomic E-state index is 0.0107. The van der Waals surface area contributed by atoms with Crippen molar-refractivity contribution in [3.8, 4) is 11.5 Å². The first-order valence-corrected chi connectivity index (χ1v) is 9.37. The highest BCUT2D eigenvalue weighted by atomic mass is 32.2. The summed E-state index contributed by atoms with van der Waals surface area (Å²) in [5.74, 6) is 0.876. The molecule has 0 unspecified atom stereocenters. The van der Waals surface area contributed by atoms with E-state index in [2.05, 4.69) is 0 Å². The van der Waals surface area contributed by atoms with Gasteiger partial charge < -0.3 is 14.2 Å². The number of hydrogen-bond acceptors (Lipinski definition) is 5. The molecule has 6 nitrogen and oxygen atoms in total. The molecule has 3 rings (SSSR count). The lowest BCUT2D eigenvalue weighted by Gasteiger charge is -2.42. The summed E-state index contributed by atoms with van der Waals surface area (Å²) in [4.78, 5) is 0.187.